The molecule has 9 nitrogen and oxygen atoms in total. The Bertz CT molecular complexity index is 2310. The second-order valence-corrected chi connectivity index (χ2v) is 14.4. The Morgan fingerprint density at radius 3 is 2.39 bits per heavy atom. The molecule has 0 spiro atoms. The van der Waals surface area contributed by atoms with E-state index in [9.17, 15) is 24.6 Å². The molecule has 0 aromatic heterocycles. The molecule has 0 radical (unpaired) electrons. The third-order valence-electron chi connectivity index (χ3n) is 10.7. The van der Waals surface area contributed by atoms with E-state index < -0.39 is 17.4 Å². The van der Waals surface area contributed by atoms with E-state index >= 15 is 0 Å². The fourth-order valence-corrected chi connectivity index (χ4v) is 7.92. The van der Waals surface area contributed by atoms with Gasteiger partial charge in [-0.05, 0) is 77.7 Å². The van der Waals surface area contributed by atoms with Crippen LogP contribution >= 0.6 is 11.6 Å². The summed E-state index contributed by atoms with van der Waals surface area (Å²) in [5.74, 6) is -0.564. The molecule has 2 N–H and O–H groups in total. The zero-order valence-electron chi connectivity index (χ0n) is 29.6. The van der Waals surface area contributed by atoms with E-state index in [0.29, 0.717) is 57.7 Å². The summed E-state index contributed by atoms with van der Waals surface area (Å²) >= 11 is 6.42. The van der Waals surface area contributed by atoms with Crippen LogP contribution in [0.2, 0.25) is 5.02 Å². The SMILES string of the molecule is C[C@H](/C=C/CC(=O)N1Cc2ccccc2C[C@H]1CO)[C@@]1(O)C(=O)N(Cc2ccc(N3C(=O)c4ccccc4Oc4ccccc43)cc2)c2ccc(Cl)cc21. The predicted octanol–water partition coefficient (Wildman–Crippen LogP) is 7.69. The number of benzene rings is 5. The van der Waals surface area contributed by atoms with Gasteiger partial charge in [-0.25, -0.2) is 0 Å². The molecule has 272 valence electrons. The lowest BCUT2D eigenvalue weighted by Crippen LogP contribution is -2.46. The van der Waals surface area contributed by atoms with Gasteiger partial charge in [0, 0.05) is 35.2 Å². The Kier molecular flexibility index (Phi) is 9.31. The van der Waals surface area contributed by atoms with Crippen molar-refractivity contribution < 1.29 is 29.3 Å². The van der Waals surface area contributed by atoms with Crippen molar-refractivity contribution in [3.05, 3.63) is 160 Å². The molecule has 0 unspecified atom stereocenters. The summed E-state index contributed by atoms with van der Waals surface area (Å²) in [6.07, 6.45) is 4.01. The van der Waals surface area contributed by atoms with Crippen LogP contribution in [0.1, 0.15) is 46.0 Å². The van der Waals surface area contributed by atoms with Crippen LogP contribution in [0, 0.1) is 5.92 Å². The average molecular weight is 740 g/mol. The van der Waals surface area contributed by atoms with E-state index in [1.807, 2.05) is 78.9 Å². The Morgan fingerprint density at radius 2 is 1.61 bits per heavy atom. The molecule has 8 rings (SSSR count). The number of nitrogens with zero attached hydrogens (tertiary/aromatic N) is 3. The van der Waals surface area contributed by atoms with Crippen LogP contribution in [0.3, 0.4) is 0 Å². The summed E-state index contributed by atoms with van der Waals surface area (Å²) < 4.78 is 6.14. The number of aliphatic hydroxyl groups excluding tert-OH is 1. The summed E-state index contributed by atoms with van der Waals surface area (Å²) in [6.45, 7) is 2.17. The molecule has 5 aromatic carbocycles. The monoisotopic (exact) mass is 739 g/mol. The van der Waals surface area contributed by atoms with Crippen molar-refractivity contribution in [2.45, 2.75) is 44.5 Å². The van der Waals surface area contributed by atoms with Gasteiger partial charge in [0.1, 0.15) is 5.75 Å². The minimum absolute atomic E-state index is 0.0491. The Hall–Kier alpha value is -5.74. The van der Waals surface area contributed by atoms with Crippen molar-refractivity contribution in [1.29, 1.82) is 0 Å². The number of ether oxygens (including phenoxy) is 1. The molecule has 0 saturated carbocycles. The molecule has 3 atom stereocenters. The van der Waals surface area contributed by atoms with E-state index in [4.69, 9.17) is 16.3 Å². The lowest BCUT2D eigenvalue weighted by atomic mass is 9.83. The number of fused-ring (bicyclic) bond motifs is 4. The fourth-order valence-electron chi connectivity index (χ4n) is 7.75. The second-order valence-electron chi connectivity index (χ2n) is 13.9. The minimum Gasteiger partial charge on any atom is -0.454 e. The van der Waals surface area contributed by atoms with Crippen LogP contribution in [-0.2, 0) is 34.7 Å². The predicted molar refractivity (Wildman–Crippen MR) is 207 cm³/mol. The number of hydrogen-bond donors (Lipinski definition) is 2. The van der Waals surface area contributed by atoms with Crippen LogP contribution < -0.4 is 14.5 Å². The number of hydrogen-bond acceptors (Lipinski definition) is 6. The summed E-state index contributed by atoms with van der Waals surface area (Å²) in [5.41, 5.74) is 3.62. The van der Waals surface area contributed by atoms with Crippen molar-refractivity contribution >= 4 is 46.4 Å². The van der Waals surface area contributed by atoms with Crippen molar-refractivity contribution in [3.8, 4) is 11.5 Å². The number of amides is 3. The van der Waals surface area contributed by atoms with Crippen LogP contribution in [-0.4, -0.2) is 45.5 Å². The molecule has 3 aliphatic heterocycles. The molecule has 3 heterocycles. The van der Waals surface area contributed by atoms with Gasteiger partial charge in [0.15, 0.2) is 11.4 Å². The first-order valence-corrected chi connectivity index (χ1v) is 18.3. The quantitative estimate of drug-likeness (QED) is 0.158. The standard InChI is InChI=1S/C44H38ClN3O6/c1-28(9-8-16-41(50)46-26-31-11-3-2-10-30(31)23-34(46)27-49)44(53)36-24-32(45)19-22-37(36)47(43(44)52)25-29-17-20-33(21-18-29)48-38-13-5-7-15-40(38)54-39-14-6-4-12-35(39)42(48)51/h2-15,17-22,24,28,34,49,53H,16,23,25-27H2,1H3/b9-8+/t28-,34+,44+/m1/s1. The van der Waals surface area contributed by atoms with Gasteiger partial charge in [-0.15, -0.1) is 0 Å². The Morgan fingerprint density at radius 1 is 0.907 bits per heavy atom. The van der Waals surface area contributed by atoms with E-state index in [1.54, 1.807) is 70.2 Å². The highest BCUT2D eigenvalue weighted by Gasteiger charge is 2.52. The topological polar surface area (TPSA) is 111 Å². The fraction of sp³-hybridized carbons (Fsp3) is 0.205. The first-order chi connectivity index (χ1) is 26.2. The van der Waals surface area contributed by atoms with Gasteiger partial charge in [0.2, 0.25) is 5.91 Å². The zero-order valence-corrected chi connectivity index (χ0v) is 30.3. The first-order valence-electron chi connectivity index (χ1n) is 17.9. The lowest BCUT2D eigenvalue weighted by molar-refractivity contribution is -0.139. The normalized spacial score (nSPS) is 19.5. The molecule has 3 amide bonds. The molecule has 0 bridgehead atoms. The van der Waals surface area contributed by atoms with Gasteiger partial charge >= 0.3 is 0 Å². The number of carbonyl (C=O) groups excluding carboxylic acids is 3. The number of anilines is 3. The molecular weight excluding hydrogens is 702 g/mol. The van der Waals surface area contributed by atoms with Crippen molar-refractivity contribution in [3.63, 3.8) is 0 Å². The minimum atomic E-state index is -1.94. The van der Waals surface area contributed by atoms with Crippen molar-refractivity contribution in [2.75, 3.05) is 16.4 Å². The smallest absolute Gasteiger partial charge is 0.266 e. The maximum absolute atomic E-state index is 14.3. The highest BCUT2D eigenvalue weighted by molar-refractivity contribution is 6.31. The molecule has 5 aromatic rings. The molecule has 0 aliphatic carbocycles. The van der Waals surface area contributed by atoms with Crippen molar-refractivity contribution in [2.24, 2.45) is 5.92 Å². The number of aliphatic hydroxyl groups is 2. The van der Waals surface area contributed by atoms with Gasteiger partial charge in [-0.1, -0.05) is 91.3 Å². The Balaban J connectivity index is 1.02. The summed E-state index contributed by atoms with van der Waals surface area (Å²) in [4.78, 5) is 46.4. The lowest BCUT2D eigenvalue weighted by Gasteiger charge is -2.36. The first kappa shape index (κ1) is 35.3. The molecular formula is C44H38ClN3O6. The second kappa shape index (κ2) is 14.2. The van der Waals surface area contributed by atoms with E-state index in [1.165, 1.54) is 0 Å². The van der Waals surface area contributed by atoms with Crippen LogP contribution in [0.5, 0.6) is 11.5 Å². The highest BCUT2D eigenvalue weighted by Crippen LogP contribution is 2.47. The van der Waals surface area contributed by atoms with Gasteiger partial charge in [0.05, 0.1) is 36.1 Å². The maximum Gasteiger partial charge on any atom is 0.266 e. The number of para-hydroxylation sites is 3. The highest BCUT2D eigenvalue weighted by atomic mass is 35.5. The van der Waals surface area contributed by atoms with Gasteiger partial charge in [-0.3, -0.25) is 19.3 Å². The maximum atomic E-state index is 14.3. The number of rotatable bonds is 8. The summed E-state index contributed by atoms with van der Waals surface area (Å²) in [6, 6.07) is 34.5. The van der Waals surface area contributed by atoms with Crippen LogP contribution in [0.15, 0.2) is 127 Å². The molecule has 3 aliphatic rings. The number of halogens is 1. The Labute approximate surface area is 318 Å². The molecule has 10 heteroatoms. The van der Waals surface area contributed by atoms with Crippen molar-refractivity contribution in [1.82, 2.24) is 4.90 Å². The van der Waals surface area contributed by atoms with Crippen LogP contribution in [0.4, 0.5) is 17.1 Å². The average Bonchev–Trinajstić information content (AvgIpc) is 3.31. The van der Waals surface area contributed by atoms with Gasteiger partial charge in [0.25, 0.3) is 11.8 Å². The molecule has 0 saturated heterocycles. The molecule has 54 heavy (non-hydrogen) atoms. The van der Waals surface area contributed by atoms with E-state index in [2.05, 4.69) is 0 Å². The van der Waals surface area contributed by atoms with E-state index in [-0.39, 0.29) is 37.4 Å². The third-order valence-corrected chi connectivity index (χ3v) is 10.9. The summed E-state index contributed by atoms with van der Waals surface area (Å²) in [7, 11) is 0. The third kappa shape index (κ3) is 6.14. The zero-order chi connectivity index (χ0) is 37.6. The molecule has 0 fully saturated rings. The van der Waals surface area contributed by atoms with Crippen LogP contribution in [0.25, 0.3) is 0 Å². The summed E-state index contributed by atoms with van der Waals surface area (Å²) in [5, 5.41) is 22.6. The van der Waals surface area contributed by atoms with Gasteiger partial charge in [-0.2, -0.15) is 0 Å². The largest absolute Gasteiger partial charge is 0.454 e. The number of carbonyl (C=O) groups is 3. The van der Waals surface area contributed by atoms with Gasteiger partial charge < -0.3 is 24.7 Å². The van der Waals surface area contributed by atoms with E-state index in [0.717, 1.165) is 16.7 Å².